The molecule has 1 heterocycles. The highest BCUT2D eigenvalue weighted by Gasteiger charge is 2.32. The van der Waals surface area contributed by atoms with Gasteiger partial charge < -0.3 is 15.1 Å². The zero-order valence-corrected chi connectivity index (χ0v) is 14.9. The van der Waals surface area contributed by atoms with Crippen LogP contribution in [0.1, 0.15) is 53.9 Å². The maximum absolute atomic E-state index is 3.72. The number of likely N-dealkylation sites (tertiary alicyclic amines) is 1. The van der Waals surface area contributed by atoms with Gasteiger partial charge in [0.25, 0.3) is 0 Å². The van der Waals surface area contributed by atoms with Gasteiger partial charge in [-0.05, 0) is 59.7 Å². The largest absolute Gasteiger partial charge is 0.311 e. The predicted molar refractivity (Wildman–Crippen MR) is 89.3 cm³/mol. The van der Waals surface area contributed by atoms with Crippen molar-refractivity contribution in [3.63, 3.8) is 0 Å². The minimum atomic E-state index is 0.214. The molecule has 2 unspecified atom stereocenters. The van der Waals surface area contributed by atoms with Crippen molar-refractivity contribution in [2.45, 2.75) is 65.5 Å². The van der Waals surface area contributed by atoms with Crippen molar-refractivity contribution in [3.05, 3.63) is 0 Å². The van der Waals surface area contributed by atoms with Crippen LogP contribution in [0, 0.1) is 5.41 Å². The number of rotatable bonds is 7. The van der Waals surface area contributed by atoms with E-state index in [-0.39, 0.29) is 5.54 Å². The van der Waals surface area contributed by atoms with Crippen molar-refractivity contribution in [1.82, 2.24) is 15.1 Å². The summed E-state index contributed by atoms with van der Waals surface area (Å²) in [7, 11) is 4.42. The minimum absolute atomic E-state index is 0.214. The zero-order valence-electron chi connectivity index (χ0n) is 14.9. The van der Waals surface area contributed by atoms with Crippen LogP contribution in [0.4, 0.5) is 0 Å². The van der Waals surface area contributed by atoms with Crippen LogP contribution >= 0.6 is 0 Å². The molecular formula is C17H37N3. The molecule has 2 atom stereocenters. The minimum Gasteiger partial charge on any atom is -0.311 e. The Hall–Kier alpha value is -0.120. The molecule has 0 aliphatic carbocycles. The van der Waals surface area contributed by atoms with E-state index in [1.807, 2.05) is 0 Å². The van der Waals surface area contributed by atoms with E-state index in [1.165, 1.54) is 38.9 Å². The van der Waals surface area contributed by atoms with Crippen LogP contribution in [0.25, 0.3) is 0 Å². The van der Waals surface area contributed by atoms with Gasteiger partial charge >= 0.3 is 0 Å². The van der Waals surface area contributed by atoms with Gasteiger partial charge in [0.2, 0.25) is 0 Å². The SMILES string of the molecule is CCCC(C)(CNC(C)(C)C)CN1CCC(N(C)C)C1. The summed E-state index contributed by atoms with van der Waals surface area (Å²) in [5.41, 5.74) is 0.607. The second kappa shape index (κ2) is 7.24. The van der Waals surface area contributed by atoms with E-state index < -0.39 is 0 Å². The van der Waals surface area contributed by atoms with Crippen LogP contribution in [0.3, 0.4) is 0 Å². The third-order valence-corrected chi connectivity index (χ3v) is 4.48. The summed E-state index contributed by atoms with van der Waals surface area (Å²) in [6, 6.07) is 0.747. The summed E-state index contributed by atoms with van der Waals surface area (Å²) in [4.78, 5) is 5.05. The smallest absolute Gasteiger partial charge is 0.0229 e. The molecule has 0 amide bonds. The Morgan fingerprint density at radius 1 is 1.20 bits per heavy atom. The molecule has 0 aromatic rings. The van der Waals surface area contributed by atoms with Gasteiger partial charge in [-0.3, -0.25) is 0 Å². The van der Waals surface area contributed by atoms with Gasteiger partial charge in [0.05, 0.1) is 0 Å². The number of nitrogens with one attached hydrogen (secondary N) is 1. The fourth-order valence-electron chi connectivity index (χ4n) is 3.22. The average Bonchev–Trinajstić information content (AvgIpc) is 2.74. The molecule has 0 aromatic heterocycles. The molecule has 0 radical (unpaired) electrons. The van der Waals surface area contributed by atoms with Crippen LogP contribution in [0.5, 0.6) is 0 Å². The van der Waals surface area contributed by atoms with Gasteiger partial charge in [0.1, 0.15) is 0 Å². The summed E-state index contributed by atoms with van der Waals surface area (Å²) in [5, 5.41) is 3.72. The molecule has 0 saturated carbocycles. The van der Waals surface area contributed by atoms with Crippen LogP contribution < -0.4 is 5.32 Å². The van der Waals surface area contributed by atoms with E-state index in [9.17, 15) is 0 Å². The molecule has 3 nitrogen and oxygen atoms in total. The second-order valence-electron chi connectivity index (χ2n) is 8.31. The highest BCUT2D eigenvalue weighted by Crippen LogP contribution is 2.27. The van der Waals surface area contributed by atoms with Gasteiger partial charge in [-0.25, -0.2) is 0 Å². The van der Waals surface area contributed by atoms with E-state index in [2.05, 4.69) is 63.8 Å². The van der Waals surface area contributed by atoms with Gasteiger partial charge in [-0.1, -0.05) is 20.3 Å². The Balaban J connectivity index is 2.53. The van der Waals surface area contributed by atoms with E-state index in [4.69, 9.17) is 0 Å². The summed E-state index contributed by atoms with van der Waals surface area (Å²) in [5.74, 6) is 0. The highest BCUT2D eigenvalue weighted by molar-refractivity contribution is 4.88. The first-order valence-corrected chi connectivity index (χ1v) is 8.29. The number of nitrogens with zero attached hydrogens (tertiary/aromatic N) is 2. The Bertz CT molecular complexity index is 282. The van der Waals surface area contributed by atoms with E-state index in [0.717, 1.165) is 12.6 Å². The van der Waals surface area contributed by atoms with Gasteiger partial charge in [0.15, 0.2) is 0 Å². The molecule has 20 heavy (non-hydrogen) atoms. The maximum atomic E-state index is 3.72. The Kier molecular flexibility index (Phi) is 6.49. The normalized spacial score (nSPS) is 24.3. The zero-order chi connectivity index (χ0) is 15.4. The Labute approximate surface area is 127 Å². The average molecular weight is 284 g/mol. The van der Waals surface area contributed by atoms with Crippen molar-refractivity contribution in [3.8, 4) is 0 Å². The monoisotopic (exact) mass is 283 g/mol. The van der Waals surface area contributed by atoms with Crippen LogP contribution in [-0.4, -0.2) is 61.7 Å². The number of hydrogen-bond donors (Lipinski definition) is 1. The Morgan fingerprint density at radius 3 is 2.30 bits per heavy atom. The lowest BCUT2D eigenvalue weighted by Crippen LogP contribution is -2.47. The standard InChI is InChI=1S/C17H37N3/c1-8-10-17(5,13-18-16(2,3)4)14-20-11-9-15(12-20)19(6)7/h15,18H,8-14H2,1-7H3. The highest BCUT2D eigenvalue weighted by atomic mass is 15.2. The fourth-order valence-corrected chi connectivity index (χ4v) is 3.22. The first-order chi connectivity index (χ1) is 9.15. The van der Waals surface area contributed by atoms with Gasteiger partial charge in [-0.2, -0.15) is 0 Å². The van der Waals surface area contributed by atoms with Crippen LogP contribution in [0.2, 0.25) is 0 Å². The molecule has 0 spiro atoms. The van der Waals surface area contributed by atoms with E-state index in [0.29, 0.717) is 5.41 Å². The molecule has 0 aromatic carbocycles. The Morgan fingerprint density at radius 2 is 1.85 bits per heavy atom. The topological polar surface area (TPSA) is 18.5 Å². The molecule has 1 fully saturated rings. The van der Waals surface area contributed by atoms with Gasteiger partial charge in [-0.15, -0.1) is 0 Å². The first-order valence-electron chi connectivity index (χ1n) is 8.29. The van der Waals surface area contributed by atoms with E-state index in [1.54, 1.807) is 0 Å². The quantitative estimate of drug-likeness (QED) is 0.775. The van der Waals surface area contributed by atoms with Crippen molar-refractivity contribution in [2.24, 2.45) is 5.41 Å². The second-order valence-corrected chi connectivity index (χ2v) is 8.31. The molecule has 1 saturated heterocycles. The van der Waals surface area contributed by atoms with Crippen molar-refractivity contribution in [1.29, 1.82) is 0 Å². The predicted octanol–water partition coefficient (Wildman–Crippen LogP) is 2.82. The molecule has 1 aliphatic rings. The van der Waals surface area contributed by atoms with Crippen LogP contribution in [-0.2, 0) is 0 Å². The summed E-state index contributed by atoms with van der Waals surface area (Å²) < 4.78 is 0. The van der Waals surface area contributed by atoms with Crippen molar-refractivity contribution >= 4 is 0 Å². The first kappa shape index (κ1) is 17.9. The number of likely N-dealkylation sites (N-methyl/N-ethyl adjacent to an activating group) is 1. The molecule has 1 aliphatic heterocycles. The van der Waals surface area contributed by atoms with Crippen molar-refractivity contribution < 1.29 is 0 Å². The fraction of sp³-hybridized carbons (Fsp3) is 1.00. The summed E-state index contributed by atoms with van der Waals surface area (Å²) >= 11 is 0. The summed E-state index contributed by atoms with van der Waals surface area (Å²) in [6.45, 7) is 16.4. The third kappa shape index (κ3) is 6.11. The summed E-state index contributed by atoms with van der Waals surface area (Å²) in [6.07, 6.45) is 3.90. The van der Waals surface area contributed by atoms with Crippen molar-refractivity contribution in [2.75, 3.05) is 40.3 Å². The maximum Gasteiger partial charge on any atom is 0.0229 e. The van der Waals surface area contributed by atoms with Gasteiger partial charge in [0, 0.05) is 31.2 Å². The molecular weight excluding hydrogens is 246 g/mol. The third-order valence-electron chi connectivity index (χ3n) is 4.48. The lowest BCUT2D eigenvalue weighted by molar-refractivity contribution is 0.153. The molecule has 120 valence electrons. The molecule has 1 N–H and O–H groups in total. The van der Waals surface area contributed by atoms with E-state index >= 15 is 0 Å². The lowest BCUT2D eigenvalue weighted by atomic mass is 9.84. The van der Waals surface area contributed by atoms with Crippen LogP contribution in [0.15, 0.2) is 0 Å². The number of hydrogen-bond acceptors (Lipinski definition) is 3. The molecule has 0 bridgehead atoms. The molecule has 1 rings (SSSR count). The lowest BCUT2D eigenvalue weighted by Gasteiger charge is -2.37. The molecule has 3 heteroatoms.